The summed E-state index contributed by atoms with van der Waals surface area (Å²) in [6, 6.07) is 17.4. The van der Waals surface area contributed by atoms with Crippen LogP contribution in [-0.2, 0) is 11.8 Å². The monoisotopic (exact) mass is 408 g/mol. The van der Waals surface area contributed by atoms with E-state index in [1.807, 2.05) is 34.9 Å². The molecule has 2 aromatic heterocycles. The Labute approximate surface area is 170 Å². The van der Waals surface area contributed by atoms with Crippen LogP contribution < -0.4 is 5.32 Å². The number of anilines is 1. The van der Waals surface area contributed by atoms with Crippen LogP contribution in [0.15, 0.2) is 72.0 Å². The third-order valence-corrected chi connectivity index (χ3v) is 4.99. The first kappa shape index (κ1) is 18.9. The number of halogens is 1. The highest BCUT2D eigenvalue weighted by Gasteiger charge is 2.17. The molecule has 0 aliphatic heterocycles. The maximum absolute atomic E-state index is 13.3. The summed E-state index contributed by atoms with van der Waals surface area (Å²) in [6.45, 7) is 0. The van der Waals surface area contributed by atoms with E-state index in [1.165, 1.54) is 23.9 Å². The minimum Gasteiger partial charge on any atom is -0.308 e. The molecule has 0 saturated carbocycles. The summed E-state index contributed by atoms with van der Waals surface area (Å²) in [5.41, 5.74) is 1.58. The highest BCUT2D eigenvalue weighted by atomic mass is 32.2. The van der Waals surface area contributed by atoms with Gasteiger partial charge in [-0.2, -0.15) is 5.10 Å². The Morgan fingerprint density at radius 1 is 1.07 bits per heavy atom. The number of thioether (sulfide) groups is 1. The fourth-order valence-electron chi connectivity index (χ4n) is 2.75. The van der Waals surface area contributed by atoms with Crippen LogP contribution in [0, 0.1) is 5.82 Å². The zero-order chi connectivity index (χ0) is 20.2. The molecule has 0 atom stereocenters. The number of carbonyl (C=O) groups is 1. The highest BCUT2D eigenvalue weighted by molar-refractivity contribution is 7.99. The number of amides is 1. The van der Waals surface area contributed by atoms with Gasteiger partial charge in [0.1, 0.15) is 5.82 Å². The number of carbonyl (C=O) groups excluding carboxylic acids is 1. The summed E-state index contributed by atoms with van der Waals surface area (Å²) in [7, 11) is 1.78. The van der Waals surface area contributed by atoms with Crippen molar-refractivity contribution >= 4 is 23.5 Å². The molecule has 4 rings (SSSR count). The van der Waals surface area contributed by atoms with Crippen molar-refractivity contribution in [3.63, 3.8) is 0 Å². The van der Waals surface area contributed by atoms with Crippen molar-refractivity contribution in [3.8, 4) is 17.1 Å². The lowest BCUT2D eigenvalue weighted by Crippen LogP contribution is -2.15. The van der Waals surface area contributed by atoms with Crippen molar-refractivity contribution in [1.82, 2.24) is 24.5 Å². The summed E-state index contributed by atoms with van der Waals surface area (Å²) in [5.74, 6) is 0.698. The lowest BCUT2D eigenvalue weighted by molar-refractivity contribution is -0.113. The Hall–Kier alpha value is -3.46. The van der Waals surface area contributed by atoms with Crippen molar-refractivity contribution in [2.24, 2.45) is 7.05 Å². The van der Waals surface area contributed by atoms with Gasteiger partial charge in [-0.1, -0.05) is 30.0 Å². The average Bonchev–Trinajstić information content (AvgIpc) is 3.33. The summed E-state index contributed by atoms with van der Waals surface area (Å²) in [4.78, 5) is 12.3. The number of nitrogens with zero attached hydrogens (tertiary/aromatic N) is 5. The number of nitrogens with one attached hydrogen (secondary N) is 1. The van der Waals surface area contributed by atoms with Gasteiger partial charge in [-0.15, -0.1) is 10.2 Å². The van der Waals surface area contributed by atoms with Crippen LogP contribution in [0.5, 0.6) is 0 Å². The molecule has 7 nitrogen and oxygen atoms in total. The number of aryl methyl sites for hydroxylation is 1. The smallest absolute Gasteiger partial charge is 0.236 e. The second-order valence-corrected chi connectivity index (χ2v) is 7.14. The summed E-state index contributed by atoms with van der Waals surface area (Å²) in [6.07, 6.45) is 1.75. The Kier molecular flexibility index (Phi) is 5.39. The molecule has 2 heterocycles. The Bertz CT molecular complexity index is 1120. The number of hydrogen-bond donors (Lipinski definition) is 1. The van der Waals surface area contributed by atoms with Crippen LogP contribution in [0.2, 0.25) is 0 Å². The molecule has 0 unspecified atom stereocenters. The topological polar surface area (TPSA) is 77.6 Å². The first-order chi connectivity index (χ1) is 14.1. The molecule has 0 aliphatic rings. The first-order valence-corrected chi connectivity index (χ1v) is 9.78. The lowest BCUT2D eigenvalue weighted by Gasteiger charge is -2.10. The van der Waals surface area contributed by atoms with Crippen LogP contribution in [0.3, 0.4) is 0 Å². The third kappa shape index (κ3) is 4.35. The zero-order valence-electron chi connectivity index (χ0n) is 15.5. The number of aromatic nitrogens is 5. The van der Waals surface area contributed by atoms with E-state index < -0.39 is 0 Å². The molecule has 4 aromatic rings. The normalized spacial score (nSPS) is 10.8. The molecule has 1 N–H and O–H groups in total. The van der Waals surface area contributed by atoms with Crippen molar-refractivity contribution in [2.75, 3.05) is 11.1 Å². The Balaban J connectivity index is 1.59. The summed E-state index contributed by atoms with van der Waals surface area (Å²) in [5, 5.41) is 16.0. The van der Waals surface area contributed by atoms with E-state index in [-0.39, 0.29) is 17.5 Å². The van der Waals surface area contributed by atoms with Crippen LogP contribution in [0.4, 0.5) is 10.2 Å². The van der Waals surface area contributed by atoms with Gasteiger partial charge >= 0.3 is 0 Å². The van der Waals surface area contributed by atoms with Crippen LogP contribution in [-0.4, -0.2) is 36.2 Å². The first-order valence-electron chi connectivity index (χ1n) is 8.79. The van der Waals surface area contributed by atoms with Gasteiger partial charge in [0.15, 0.2) is 16.8 Å². The molecular formula is C20H17FN6OS. The van der Waals surface area contributed by atoms with Gasteiger partial charge in [-0.05, 0) is 36.4 Å². The van der Waals surface area contributed by atoms with Crippen LogP contribution in [0.25, 0.3) is 17.1 Å². The van der Waals surface area contributed by atoms with Crippen molar-refractivity contribution < 1.29 is 9.18 Å². The van der Waals surface area contributed by atoms with Crippen LogP contribution in [0.1, 0.15) is 0 Å². The van der Waals surface area contributed by atoms with E-state index in [0.717, 1.165) is 11.3 Å². The molecule has 0 radical (unpaired) electrons. The van der Waals surface area contributed by atoms with E-state index in [2.05, 4.69) is 20.6 Å². The molecule has 0 spiro atoms. The second kappa shape index (κ2) is 8.27. The van der Waals surface area contributed by atoms with Crippen molar-refractivity contribution in [3.05, 3.63) is 72.7 Å². The molecule has 146 valence electrons. The van der Waals surface area contributed by atoms with Gasteiger partial charge < -0.3 is 5.32 Å². The predicted octanol–water partition coefficient (Wildman–Crippen LogP) is 3.54. The van der Waals surface area contributed by atoms with Crippen molar-refractivity contribution in [2.45, 2.75) is 5.16 Å². The summed E-state index contributed by atoms with van der Waals surface area (Å²) >= 11 is 1.26. The standard InChI is InChI=1S/C20H17FN6OS/c1-26-12-11-17(25-26)22-18(28)13-29-20-24-23-19(14-7-9-15(21)10-8-14)27(20)16-5-3-2-4-6-16/h2-12H,13H2,1H3,(H,22,25,28). The fraction of sp³-hybridized carbons (Fsp3) is 0.100. The Morgan fingerprint density at radius 2 is 1.83 bits per heavy atom. The average molecular weight is 408 g/mol. The largest absolute Gasteiger partial charge is 0.308 e. The van der Waals surface area contributed by atoms with Gasteiger partial charge in [-0.3, -0.25) is 14.0 Å². The molecule has 0 fully saturated rings. The maximum atomic E-state index is 13.3. The molecule has 0 aliphatic carbocycles. The molecule has 2 aromatic carbocycles. The number of hydrogen-bond acceptors (Lipinski definition) is 5. The Morgan fingerprint density at radius 3 is 2.52 bits per heavy atom. The van der Waals surface area contributed by atoms with Gasteiger partial charge in [0.2, 0.25) is 5.91 Å². The van der Waals surface area contributed by atoms with E-state index in [9.17, 15) is 9.18 Å². The van der Waals surface area contributed by atoms with Gasteiger partial charge in [0, 0.05) is 30.6 Å². The van der Waals surface area contributed by atoms with Crippen molar-refractivity contribution in [1.29, 1.82) is 0 Å². The van der Waals surface area contributed by atoms with Crippen LogP contribution >= 0.6 is 11.8 Å². The van der Waals surface area contributed by atoms with Gasteiger partial charge in [-0.25, -0.2) is 4.39 Å². The van der Waals surface area contributed by atoms with E-state index in [0.29, 0.717) is 16.8 Å². The molecular weight excluding hydrogens is 391 g/mol. The highest BCUT2D eigenvalue weighted by Crippen LogP contribution is 2.28. The zero-order valence-corrected chi connectivity index (χ0v) is 16.3. The summed E-state index contributed by atoms with van der Waals surface area (Å²) < 4.78 is 16.8. The molecule has 9 heteroatoms. The molecule has 0 bridgehead atoms. The van der Waals surface area contributed by atoms with Gasteiger partial charge in [0.05, 0.1) is 5.75 Å². The molecule has 0 saturated heterocycles. The SMILES string of the molecule is Cn1ccc(NC(=O)CSc2nnc(-c3ccc(F)cc3)n2-c2ccccc2)n1. The minimum atomic E-state index is -0.319. The number of para-hydroxylation sites is 1. The van der Waals surface area contributed by atoms with Gasteiger partial charge in [0.25, 0.3) is 0 Å². The maximum Gasteiger partial charge on any atom is 0.236 e. The lowest BCUT2D eigenvalue weighted by atomic mass is 10.2. The molecule has 29 heavy (non-hydrogen) atoms. The number of rotatable bonds is 6. The van der Waals surface area contributed by atoms with E-state index in [4.69, 9.17) is 0 Å². The van der Waals surface area contributed by atoms with E-state index >= 15 is 0 Å². The minimum absolute atomic E-state index is 0.144. The predicted molar refractivity (Wildman–Crippen MR) is 109 cm³/mol. The van der Waals surface area contributed by atoms with E-state index in [1.54, 1.807) is 36.1 Å². The fourth-order valence-corrected chi connectivity index (χ4v) is 3.50. The molecule has 1 amide bonds. The second-order valence-electron chi connectivity index (χ2n) is 6.20. The third-order valence-electron chi connectivity index (χ3n) is 4.06. The quantitative estimate of drug-likeness (QED) is 0.494. The number of benzene rings is 2.